The van der Waals surface area contributed by atoms with Gasteiger partial charge in [-0.25, -0.2) is 19.2 Å². The lowest BCUT2D eigenvalue weighted by molar-refractivity contribution is 0.0698. The van der Waals surface area contributed by atoms with Gasteiger partial charge in [-0.15, -0.1) is 11.3 Å². The van der Waals surface area contributed by atoms with Gasteiger partial charge >= 0.3 is 5.97 Å². The van der Waals surface area contributed by atoms with Crippen molar-refractivity contribution in [1.82, 2.24) is 15.0 Å². The summed E-state index contributed by atoms with van der Waals surface area (Å²) >= 11 is 1.46. The average Bonchev–Trinajstić information content (AvgIpc) is 2.90. The number of thiazole rings is 1. The van der Waals surface area contributed by atoms with Gasteiger partial charge in [0.05, 0.1) is 26.7 Å². The van der Waals surface area contributed by atoms with Crippen LogP contribution in [-0.2, 0) is 0 Å². The van der Waals surface area contributed by atoms with E-state index in [1.54, 1.807) is 0 Å². The molecule has 2 heterocycles. The van der Waals surface area contributed by atoms with Crippen LogP contribution in [-0.4, -0.2) is 26.0 Å². The Morgan fingerprint density at radius 1 is 1.35 bits per heavy atom. The third-order valence-electron chi connectivity index (χ3n) is 2.90. The molecular weight excluding hydrogens is 281 g/mol. The number of benzene rings is 1. The van der Waals surface area contributed by atoms with E-state index in [1.807, 2.05) is 13.8 Å². The number of aryl methyl sites for hydroxylation is 2. The zero-order chi connectivity index (χ0) is 14.4. The zero-order valence-electron chi connectivity index (χ0n) is 10.7. The number of carboxylic acids is 1. The number of nitrogens with zero attached hydrogens (tertiary/aromatic N) is 2. The molecule has 5 nitrogen and oxygen atoms in total. The van der Waals surface area contributed by atoms with Crippen molar-refractivity contribution in [3.8, 4) is 10.7 Å². The summed E-state index contributed by atoms with van der Waals surface area (Å²) in [5.74, 6) is -1.30. The van der Waals surface area contributed by atoms with E-state index >= 15 is 0 Å². The largest absolute Gasteiger partial charge is 0.478 e. The fourth-order valence-electron chi connectivity index (χ4n) is 2.10. The number of imidazole rings is 1. The third-order valence-corrected chi connectivity index (χ3v) is 3.98. The number of aromatic carboxylic acids is 1. The number of H-pyrrole nitrogens is 1. The van der Waals surface area contributed by atoms with Gasteiger partial charge in [-0.05, 0) is 26.0 Å². The summed E-state index contributed by atoms with van der Waals surface area (Å²) in [5, 5.41) is 10.0. The highest BCUT2D eigenvalue weighted by Gasteiger charge is 2.17. The molecule has 0 bridgehead atoms. The SMILES string of the molecule is Cc1nc(C)c(-c2nc3c(C(=O)O)cc(F)cc3[nH]2)s1. The lowest BCUT2D eigenvalue weighted by Crippen LogP contribution is -1.98. The molecule has 102 valence electrons. The van der Waals surface area contributed by atoms with E-state index in [-0.39, 0.29) is 11.1 Å². The van der Waals surface area contributed by atoms with Crippen LogP contribution < -0.4 is 0 Å². The van der Waals surface area contributed by atoms with Crippen molar-refractivity contribution in [2.24, 2.45) is 0 Å². The second-order valence-corrected chi connectivity index (χ2v) is 5.59. The molecule has 2 aromatic heterocycles. The zero-order valence-corrected chi connectivity index (χ0v) is 11.5. The van der Waals surface area contributed by atoms with E-state index in [4.69, 9.17) is 5.11 Å². The number of rotatable bonds is 2. The van der Waals surface area contributed by atoms with Crippen LogP contribution in [0, 0.1) is 19.7 Å². The molecular formula is C13H10FN3O2S. The van der Waals surface area contributed by atoms with Gasteiger partial charge in [-0.3, -0.25) is 0 Å². The number of fused-ring (bicyclic) bond motifs is 1. The highest BCUT2D eigenvalue weighted by molar-refractivity contribution is 7.15. The van der Waals surface area contributed by atoms with Gasteiger partial charge < -0.3 is 10.1 Å². The maximum absolute atomic E-state index is 13.4. The number of halogens is 1. The van der Waals surface area contributed by atoms with Gasteiger partial charge in [-0.2, -0.15) is 0 Å². The van der Waals surface area contributed by atoms with Crippen LogP contribution in [0.15, 0.2) is 12.1 Å². The van der Waals surface area contributed by atoms with E-state index in [2.05, 4.69) is 15.0 Å². The minimum absolute atomic E-state index is 0.151. The summed E-state index contributed by atoms with van der Waals surface area (Å²) in [4.78, 5) is 23.5. The first-order valence-electron chi connectivity index (χ1n) is 5.82. The van der Waals surface area contributed by atoms with Gasteiger partial charge in [0, 0.05) is 0 Å². The monoisotopic (exact) mass is 291 g/mol. The first-order chi connectivity index (χ1) is 9.45. The molecule has 0 saturated heterocycles. The molecule has 0 aliphatic carbocycles. The first kappa shape index (κ1) is 12.7. The first-order valence-corrected chi connectivity index (χ1v) is 6.64. The molecule has 2 N–H and O–H groups in total. The van der Waals surface area contributed by atoms with Crippen LogP contribution in [0.3, 0.4) is 0 Å². The second-order valence-electron chi connectivity index (χ2n) is 4.39. The van der Waals surface area contributed by atoms with Crippen molar-refractivity contribution in [1.29, 1.82) is 0 Å². The van der Waals surface area contributed by atoms with Crippen molar-refractivity contribution >= 4 is 28.3 Å². The van der Waals surface area contributed by atoms with Crippen molar-refractivity contribution in [3.05, 3.63) is 34.2 Å². The summed E-state index contributed by atoms with van der Waals surface area (Å²) in [6, 6.07) is 2.21. The van der Waals surface area contributed by atoms with E-state index in [1.165, 1.54) is 17.4 Å². The normalized spacial score (nSPS) is 11.2. The molecule has 3 rings (SSSR count). The van der Waals surface area contributed by atoms with Gasteiger partial charge in [-0.1, -0.05) is 0 Å². The van der Waals surface area contributed by atoms with Crippen LogP contribution in [0.5, 0.6) is 0 Å². The lowest BCUT2D eigenvalue weighted by atomic mass is 10.2. The third kappa shape index (κ3) is 1.96. The number of aromatic amines is 1. The average molecular weight is 291 g/mol. The van der Waals surface area contributed by atoms with Crippen LogP contribution in [0.1, 0.15) is 21.1 Å². The Kier molecular flexibility index (Phi) is 2.79. The molecule has 0 saturated carbocycles. The highest BCUT2D eigenvalue weighted by atomic mass is 32.1. The Hall–Kier alpha value is -2.28. The molecule has 0 aliphatic rings. The molecule has 0 spiro atoms. The summed E-state index contributed by atoms with van der Waals surface area (Å²) in [7, 11) is 0. The lowest BCUT2D eigenvalue weighted by Gasteiger charge is -1.95. The minimum Gasteiger partial charge on any atom is -0.478 e. The predicted molar refractivity (Wildman–Crippen MR) is 73.6 cm³/mol. The maximum atomic E-state index is 13.4. The van der Waals surface area contributed by atoms with Crippen LogP contribution >= 0.6 is 11.3 Å². The summed E-state index contributed by atoms with van der Waals surface area (Å²) in [5.41, 5.74) is 1.27. The number of nitrogens with one attached hydrogen (secondary N) is 1. The van der Waals surface area contributed by atoms with Crippen molar-refractivity contribution in [2.45, 2.75) is 13.8 Å². The molecule has 0 radical (unpaired) electrons. The maximum Gasteiger partial charge on any atom is 0.338 e. The standard InChI is InChI=1S/C13H10FN3O2S/c1-5-11(20-6(2)15-5)12-16-9-4-7(14)3-8(13(18)19)10(9)17-12/h3-4H,1-2H3,(H,16,17)(H,18,19). The topological polar surface area (TPSA) is 78.9 Å². The van der Waals surface area contributed by atoms with Crippen LogP contribution in [0.25, 0.3) is 21.7 Å². The Balaban J connectivity index is 2.28. The predicted octanol–water partition coefficient (Wildman–Crippen LogP) is 3.14. The van der Waals surface area contributed by atoms with Gasteiger partial charge in [0.25, 0.3) is 0 Å². The molecule has 0 atom stereocenters. The molecule has 0 aliphatic heterocycles. The smallest absolute Gasteiger partial charge is 0.338 e. The van der Waals surface area contributed by atoms with E-state index in [9.17, 15) is 9.18 Å². The molecule has 3 aromatic rings. The van der Waals surface area contributed by atoms with Crippen molar-refractivity contribution < 1.29 is 14.3 Å². The fourth-order valence-corrected chi connectivity index (χ4v) is 2.97. The van der Waals surface area contributed by atoms with Gasteiger partial charge in [0.1, 0.15) is 11.3 Å². The molecule has 0 unspecified atom stereocenters. The second kappa shape index (κ2) is 4.38. The van der Waals surface area contributed by atoms with E-state index < -0.39 is 11.8 Å². The highest BCUT2D eigenvalue weighted by Crippen LogP contribution is 2.30. The Labute approximate surface area is 117 Å². The van der Waals surface area contributed by atoms with Crippen molar-refractivity contribution in [3.63, 3.8) is 0 Å². The number of aromatic nitrogens is 3. The molecule has 7 heteroatoms. The number of hydrogen-bond donors (Lipinski definition) is 2. The Morgan fingerprint density at radius 3 is 2.70 bits per heavy atom. The summed E-state index contributed by atoms with van der Waals surface area (Å²) in [6.45, 7) is 3.73. The van der Waals surface area contributed by atoms with E-state index in [0.717, 1.165) is 21.6 Å². The van der Waals surface area contributed by atoms with Gasteiger partial charge in [0.15, 0.2) is 5.82 Å². The molecule has 1 aromatic carbocycles. The number of hydrogen-bond acceptors (Lipinski definition) is 4. The van der Waals surface area contributed by atoms with Crippen molar-refractivity contribution in [2.75, 3.05) is 0 Å². The number of carboxylic acid groups (broad SMARTS) is 1. The minimum atomic E-state index is -1.20. The molecule has 0 fully saturated rings. The summed E-state index contributed by atoms with van der Waals surface area (Å²) in [6.07, 6.45) is 0. The Bertz CT molecular complexity index is 838. The summed E-state index contributed by atoms with van der Waals surface area (Å²) < 4.78 is 13.4. The number of carbonyl (C=O) groups is 1. The molecule has 0 amide bonds. The van der Waals surface area contributed by atoms with Crippen LogP contribution in [0.2, 0.25) is 0 Å². The fraction of sp³-hybridized carbons (Fsp3) is 0.154. The molecule has 20 heavy (non-hydrogen) atoms. The Morgan fingerprint density at radius 2 is 2.10 bits per heavy atom. The van der Waals surface area contributed by atoms with Gasteiger partial charge in [0.2, 0.25) is 0 Å². The van der Waals surface area contributed by atoms with Crippen LogP contribution in [0.4, 0.5) is 4.39 Å². The van der Waals surface area contributed by atoms with E-state index in [0.29, 0.717) is 11.3 Å². The quantitative estimate of drug-likeness (QED) is 0.760.